The molecule has 0 unspecified atom stereocenters. The molecular weight excluding hydrogens is 234 g/mol. The molecule has 0 fully saturated rings. The number of hydrogen-bond acceptors (Lipinski definition) is 6. The first kappa shape index (κ1) is 10.5. The van der Waals surface area contributed by atoms with Crippen LogP contribution in [-0.2, 0) is 0 Å². The Morgan fingerprint density at radius 1 is 1.22 bits per heavy atom. The van der Waals surface area contributed by atoms with Crippen molar-refractivity contribution in [1.82, 2.24) is 15.1 Å². The molecule has 3 aromatic rings. The van der Waals surface area contributed by atoms with Gasteiger partial charge in [-0.3, -0.25) is 0 Å². The van der Waals surface area contributed by atoms with Crippen LogP contribution in [-0.4, -0.2) is 22.2 Å². The van der Waals surface area contributed by atoms with Crippen molar-refractivity contribution in [2.45, 2.75) is 0 Å². The van der Waals surface area contributed by atoms with E-state index in [1.165, 1.54) is 0 Å². The number of furan rings is 1. The van der Waals surface area contributed by atoms with Gasteiger partial charge in [0.15, 0.2) is 0 Å². The molecule has 3 aromatic heterocycles. The summed E-state index contributed by atoms with van der Waals surface area (Å²) in [7, 11) is 1.55. The molecule has 0 aliphatic rings. The van der Waals surface area contributed by atoms with Gasteiger partial charge < -0.3 is 13.7 Å². The molecule has 6 heteroatoms. The second-order valence-corrected chi connectivity index (χ2v) is 3.52. The van der Waals surface area contributed by atoms with Gasteiger partial charge >= 0.3 is 0 Å². The Kier molecular flexibility index (Phi) is 2.53. The minimum Gasteiger partial charge on any atom is -0.481 e. The van der Waals surface area contributed by atoms with Crippen LogP contribution in [0, 0.1) is 0 Å². The molecule has 0 aliphatic carbocycles. The van der Waals surface area contributed by atoms with Gasteiger partial charge in [-0.2, -0.15) is 4.98 Å². The van der Waals surface area contributed by atoms with Crippen molar-refractivity contribution in [2.24, 2.45) is 0 Å². The van der Waals surface area contributed by atoms with Crippen LogP contribution in [0.25, 0.3) is 22.8 Å². The van der Waals surface area contributed by atoms with Crippen molar-refractivity contribution < 1.29 is 13.7 Å². The first-order valence-electron chi connectivity index (χ1n) is 5.23. The lowest BCUT2D eigenvalue weighted by molar-refractivity contribution is 0.398. The third-order valence-corrected chi connectivity index (χ3v) is 2.40. The van der Waals surface area contributed by atoms with Crippen molar-refractivity contribution in [3.8, 4) is 28.7 Å². The van der Waals surface area contributed by atoms with Crippen LogP contribution < -0.4 is 4.74 Å². The van der Waals surface area contributed by atoms with Gasteiger partial charge in [0.2, 0.25) is 11.7 Å². The molecule has 3 heterocycles. The average Bonchev–Trinajstić information content (AvgIpc) is 3.09. The van der Waals surface area contributed by atoms with Crippen molar-refractivity contribution in [3.05, 3.63) is 36.9 Å². The molecule has 0 aliphatic heterocycles. The Bertz CT molecular complexity index is 646. The minimum atomic E-state index is 0.412. The van der Waals surface area contributed by atoms with E-state index < -0.39 is 0 Å². The standard InChI is InChI=1S/C12H9N3O3/c1-16-10-6-8(2-4-13-10)11-14-12(18-15-11)9-3-5-17-7-9/h2-7H,1H3. The van der Waals surface area contributed by atoms with Gasteiger partial charge in [-0.25, -0.2) is 4.98 Å². The monoisotopic (exact) mass is 243 g/mol. The fourth-order valence-electron chi connectivity index (χ4n) is 1.50. The minimum absolute atomic E-state index is 0.412. The highest BCUT2D eigenvalue weighted by atomic mass is 16.5. The van der Waals surface area contributed by atoms with Crippen LogP contribution in [0.5, 0.6) is 5.88 Å². The molecule has 0 saturated heterocycles. The lowest BCUT2D eigenvalue weighted by Gasteiger charge is -1.98. The van der Waals surface area contributed by atoms with E-state index in [2.05, 4.69) is 15.1 Å². The predicted molar refractivity (Wildman–Crippen MR) is 61.8 cm³/mol. The molecule has 0 amide bonds. The number of aromatic nitrogens is 3. The molecule has 0 radical (unpaired) electrons. The Balaban J connectivity index is 1.97. The zero-order chi connectivity index (χ0) is 12.4. The summed E-state index contributed by atoms with van der Waals surface area (Å²) >= 11 is 0. The summed E-state index contributed by atoms with van der Waals surface area (Å²) in [4.78, 5) is 8.29. The van der Waals surface area contributed by atoms with Crippen LogP contribution in [0.2, 0.25) is 0 Å². The second kappa shape index (κ2) is 4.33. The highest BCUT2D eigenvalue weighted by Gasteiger charge is 2.12. The predicted octanol–water partition coefficient (Wildman–Crippen LogP) is 2.40. The summed E-state index contributed by atoms with van der Waals surface area (Å²) in [6.07, 6.45) is 4.72. The van der Waals surface area contributed by atoms with Crippen LogP contribution >= 0.6 is 0 Å². The van der Waals surface area contributed by atoms with Gasteiger partial charge in [-0.1, -0.05) is 5.16 Å². The number of pyridine rings is 1. The van der Waals surface area contributed by atoms with E-state index in [-0.39, 0.29) is 0 Å². The fraction of sp³-hybridized carbons (Fsp3) is 0.0833. The number of nitrogens with zero attached hydrogens (tertiary/aromatic N) is 3. The molecule has 0 aromatic carbocycles. The largest absolute Gasteiger partial charge is 0.481 e. The SMILES string of the molecule is COc1cc(-c2noc(-c3ccoc3)n2)ccn1. The molecule has 0 spiro atoms. The molecular formula is C12H9N3O3. The summed E-state index contributed by atoms with van der Waals surface area (Å²) in [6, 6.07) is 5.28. The van der Waals surface area contributed by atoms with Crippen LogP contribution in [0.4, 0.5) is 0 Å². The Hall–Kier alpha value is -2.63. The maximum atomic E-state index is 5.15. The van der Waals surface area contributed by atoms with Crippen molar-refractivity contribution >= 4 is 0 Å². The summed E-state index contributed by atoms with van der Waals surface area (Å²) in [6.45, 7) is 0. The van der Waals surface area contributed by atoms with E-state index in [0.29, 0.717) is 17.6 Å². The summed E-state index contributed by atoms with van der Waals surface area (Å²) in [5.41, 5.74) is 1.52. The molecule has 90 valence electrons. The van der Waals surface area contributed by atoms with Gasteiger partial charge in [0.05, 0.1) is 18.9 Å². The lowest BCUT2D eigenvalue weighted by Crippen LogP contribution is -1.88. The van der Waals surface area contributed by atoms with E-state index in [0.717, 1.165) is 11.1 Å². The van der Waals surface area contributed by atoms with E-state index in [1.54, 1.807) is 44.0 Å². The lowest BCUT2D eigenvalue weighted by atomic mass is 10.2. The fourth-order valence-corrected chi connectivity index (χ4v) is 1.50. The molecule has 0 bridgehead atoms. The number of hydrogen-bond donors (Lipinski definition) is 0. The first-order chi connectivity index (χ1) is 8.86. The summed E-state index contributed by atoms with van der Waals surface area (Å²) in [5.74, 6) is 1.39. The van der Waals surface area contributed by atoms with Gasteiger partial charge in [0, 0.05) is 17.8 Å². The third kappa shape index (κ3) is 1.84. The Labute approximate surface area is 102 Å². The van der Waals surface area contributed by atoms with Gasteiger partial charge in [-0.15, -0.1) is 0 Å². The number of rotatable bonds is 3. The highest BCUT2D eigenvalue weighted by molar-refractivity contribution is 5.59. The Morgan fingerprint density at radius 2 is 2.17 bits per heavy atom. The maximum Gasteiger partial charge on any atom is 0.261 e. The van der Waals surface area contributed by atoms with E-state index >= 15 is 0 Å². The van der Waals surface area contributed by atoms with Gasteiger partial charge in [0.25, 0.3) is 5.89 Å². The van der Waals surface area contributed by atoms with Crippen molar-refractivity contribution in [2.75, 3.05) is 7.11 Å². The smallest absolute Gasteiger partial charge is 0.261 e. The molecule has 0 atom stereocenters. The number of methoxy groups -OCH3 is 1. The van der Waals surface area contributed by atoms with Crippen LogP contribution in [0.3, 0.4) is 0 Å². The number of ether oxygens (including phenoxy) is 1. The van der Waals surface area contributed by atoms with Gasteiger partial charge in [0.1, 0.15) is 6.26 Å². The molecule has 6 nitrogen and oxygen atoms in total. The van der Waals surface area contributed by atoms with E-state index in [4.69, 9.17) is 13.7 Å². The zero-order valence-corrected chi connectivity index (χ0v) is 9.53. The zero-order valence-electron chi connectivity index (χ0n) is 9.53. The molecule has 0 saturated carbocycles. The van der Waals surface area contributed by atoms with Crippen LogP contribution in [0.15, 0.2) is 45.9 Å². The summed E-state index contributed by atoms with van der Waals surface area (Å²) < 4.78 is 15.2. The van der Waals surface area contributed by atoms with Crippen molar-refractivity contribution in [3.63, 3.8) is 0 Å². The Morgan fingerprint density at radius 3 is 2.94 bits per heavy atom. The maximum absolute atomic E-state index is 5.15. The topological polar surface area (TPSA) is 74.2 Å². The quantitative estimate of drug-likeness (QED) is 0.703. The van der Waals surface area contributed by atoms with Crippen molar-refractivity contribution in [1.29, 1.82) is 0 Å². The van der Waals surface area contributed by atoms with Crippen LogP contribution in [0.1, 0.15) is 0 Å². The second-order valence-electron chi connectivity index (χ2n) is 3.52. The molecule has 0 N–H and O–H groups in total. The molecule has 3 rings (SSSR count). The van der Waals surface area contributed by atoms with Gasteiger partial charge in [-0.05, 0) is 12.1 Å². The van der Waals surface area contributed by atoms with E-state index in [1.807, 2.05) is 0 Å². The normalized spacial score (nSPS) is 10.5. The summed E-state index contributed by atoms with van der Waals surface area (Å²) in [5, 5.41) is 3.91. The average molecular weight is 243 g/mol. The first-order valence-corrected chi connectivity index (χ1v) is 5.23. The third-order valence-electron chi connectivity index (χ3n) is 2.40. The highest BCUT2D eigenvalue weighted by Crippen LogP contribution is 2.23. The molecule has 18 heavy (non-hydrogen) atoms. The van der Waals surface area contributed by atoms with E-state index in [9.17, 15) is 0 Å².